The number of allylic oxidation sites excluding steroid dienone is 1. The summed E-state index contributed by atoms with van der Waals surface area (Å²) in [4.78, 5) is 30.4. The van der Waals surface area contributed by atoms with Gasteiger partial charge in [0.15, 0.2) is 5.76 Å². The van der Waals surface area contributed by atoms with Gasteiger partial charge >= 0.3 is 0 Å². The maximum absolute atomic E-state index is 11.9. The van der Waals surface area contributed by atoms with Gasteiger partial charge in [-0.1, -0.05) is 6.08 Å². The maximum atomic E-state index is 11.9. The lowest BCUT2D eigenvalue weighted by molar-refractivity contribution is -0.111. The summed E-state index contributed by atoms with van der Waals surface area (Å²) in [6, 6.07) is 6.50. The summed E-state index contributed by atoms with van der Waals surface area (Å²) in [7, 11) is 0. The van der Waals surface area contributed by atoms with E-state index in [0.29, 0.717) is 23.0 Å². The Morgan fingerprint density at radius 1 is 1.42 bits per heavy atom. The Kier molecular flexibility index (Phi) is 4.11. The summed E-state index contributed by atoms with van der Waals surface area (Å²) >= 11 is 0. The third kappa shape index (κ3) is 3.17. The van der Waals surface area contributed by atoms with Crippen molar-refractivity contribution in [2.45, 2.75) is 13.8 Å². The van der Waals surface area contributed by atoms with Crippen LogP contribution in [-0.4, -0.2) is 25.7 Å². The Balaban J connectivity index is 2.11. The van der Waals surface area contributed by atoms with E-state index in [1.807, 2.05) is 0 Å². The largest absolute Gasteiger partial charge is 0.463 e. The van der Waals surface area contributed by atoms with Gasteiger partial charge in [0, 0.05) is 17.8 Å². The van der Waals surface area contributed by atoms with Crippen LogP contribution in [0.4, 0.5) is 5.82 Å². The minimum absolute atomic E-state index is 0.202. The molecule has 0 spiro atoms. The zero-order chi connectivity index (χ0) is 17.1. The summed E-state index contributed by atoms with van der Waals surface area (Å²) in [5.74, 6) is 0.775. The number of nitrogens with zero attached hydrogens (tertiary/aromatic N) is 3. The van der Waals surface area contributed by atoms with Gasteiger partial charge in [0.1, 0.15) is 11.5 Å². The van der Waals surface area contributed by atoms with Crippen molar-refractivity contribution in [2.75, 3.05) is 5.32 Å². The molecular weight excluding hydrogens is 310 g/mol. The first-order chi connectivity index (χ1) is 11.6. The first kappa shape index (κ1) is 15.5. The van der Waals surface area contributed by atoms with Gasteiger partial charge in [-0.3, -0.25) is 14.6 Å². The number of anilines is 1. The highest BCUT2D eigenvalue weighted by atomic mass is 16.3. The lowest BCUT2D eigenvalue weighted by Crippen LogP contribution is -2.17. The molecular formula is C16H15N5O3. The number of carbonyl (C=O) groups excluding carboxylic acids is 1. The molecule has 3 rings (SSSR count). The van der Waals surface area contributed by atoms with E-state index in [1.165, 1.54) is 23.1 Å². The van der Waals surface area contributed by atoms with Crippen LogP contribution in [0, 0.1) is 6.92 Å². The van der Waals surface area contributed by atoms with Crippen molar-refractivity contribution in [3.05, 3.63) is 58.7 Å². The van der Waals surface area contributed by atoms with Gasteiger partial charge in [-0.15, -0.1) is 0 Å². The predicted octanol–water partition coefficient (Wildman–Crippen LogP) is 2.04. The van der Waals surface area contributed by atoms with E-state index in [0.717, 1.165) is 0 Å². The highest BCUT2D eigenvalue weighted by Gasteiger charge is 2.16. The van der Waals surface area contributed by atoms with Gasteiger partial charge in [-0.2, -0.15) is 9.78 Å². The number of rotatable bonds is 4. The number of carbonyl (C=O) groups is 1. The van der Waals surface area contributed by atoms with Gasteiger partial charge < -0.3 is 9.73 Å². The molecule has 0 saturated carbocycles. The quantitative estimate of drug-likeness (QED) is 0.714. The number of nitrogens with one attached hydrogen (secondary N) is 2. The molecule has 0 aliphatic carbocycles. The molecule has 0 bridgehead atoms. The second-order valence-corrected chi connectivity index (χ2v) is 5.00. The van der Waals surface area contributed by atoms with Crippen LogP contribution in [0.25, 0.3) is 17.4 Å². The molecule has 0 aromatic carbocycles. The molecule has 122 valence electrons. The van der Waals surface area contributed by atoms with Crippen molar-refractivity contribution < 1.29 is 9.21 Å². The summed E-state index contributed by atoms with van der Waals surface area (Å²) in [5, 5.41) is 7.07. The molecule has 24 heavy (non-hydrogen) atoms. The number of amides is 1. The van der Waals surface area contributed by atoms with E-state index in [2.05, 4.69) is 20.4 Å². The van der Waals surface area contributed by atoms with Crippen LogP contribution in [-0.2, 0) is 4.79 Å². The molecule has 3 aromatic heterocycles. The average molecular weight is 325 g/mol. The average Bonchev–Trinajstić information content (AvgIpc) is 3.15. The fourth-order valence-electron chi connectivity index (χ4n) is 2.16. The molecule has 0 fully saturated rings. The molecule has 0 unspecified atom stereocenters. The first-order valence-electron chi connectivity index (χ1n) is 7.23. The van der Waals surface area contributed by atoms with E-state index in [4.69, 9.17) is 4.42 Å². The van der Waals surface area contributed by atoms with Crippen molar-refractivity contribution in [2.24, 2.45) is 0 Å². The Hall–Kier alpha value is -3.42. The second-order valence-electron chi connectivity index (χ2n) is 5.00. The van der Waals surface area contributed by atoms with Crippen molar-refractivity contribution in [3.8, 4) is 17.4 Å². The van der Waals surface area contributed by atoms with Crippen LogP contribution in [0.1, 0.15) is 12.6 Å². The van der Waals surface area contributed by atoms with E-state index in [9.17, 15) is 9.59 Å². The summed E-state index contributed by atoms with van der Waals surface area (Å²) in [6.45, 7) is 3.44. The third-order valence-corrected chi connectivity index (χ3v) is 3.11. The maximum Gasteiger partial charge on any atom is 0.252 e. The van der Waals surface area contributed by atoms with Crippen molar-refractivity contribution in [1.82, 2.24) is 19.7 Å². The number of aromatic nitrogens is 4. The zero-order valence-corrected chi connectivity index (χ0v) is 13.1. The Morgan fingerprint density at radius 2 is 2.25 bits per heavy atom. The highest BCUT2D eigenvalue weighted by Crippen LogP contribution is 2.23. The van der Waals surface area contributed by atoms with Crippen molar-refractivity contribution in [3.63, 3.8) is 0 Å². The molecule has 1 amide bonds. The number of H-pyrrole nitrogens is 1. The van der Waals surface area contributed by atoms with E-state index >= 15 is 0 Å². The fourth-order valence-corrected chi connectivity index (χ4v) is 2.16. The lowest BCUT2D eigenvalue weighted by atomic mass is 10.3. The Morgan fingerprint density at radius 3 is 2.92 bits per heavy atom. The smallest absolute Gasteiger partial charge is 0.252 e. The number of hydrogen-bond donors (Lipinski definition) is 2. The molecule has 3 aromatic rings. The Bertz CT molecular complexity index is 951. The van der Waals surface area contributed by atoms with Crippen LogP contribution in [0.3, 0.4) is 0 Å². The molecule has 8 heteroatoms. The van der Waals surface area contributed by atoms with E-state index < -0.39 is 0 Å². The minimum Gasteiger partial charge on any atom is -0.463 e. The topological polar surface area (TPSA) is 106 Å². The summed E-state index contributed by atoms with van der Waals surface area (Å²) < 4.78 is 6.68. The second kappa shape index (κ2) is 6.37. The minimum atomic E-state index is -0.320. The number of hydrogen-bond acceptors (Lipinski definition) is 5. The van der Waals surface area contributed by atoms with Crippen LogP contribution in [0.5, 0.6) is 0 Å². The van der Waals surface area contributed by atoms with Gasteiger partial charge in [0.05, 0.1) is 6.26 Å². The summed E-state index contributed by atoms with van der Waals surface area (Å²) in [6.07, 6.45) is 4.53. The first-order valence-corrected chi connectivity index (χ1v) is 7.23. The van der Waals surface area contributed by atoms with Gasteiger partial charge in [0.25, 0.3) is 5.56 Å². The number of aromatic amines is 1. The van der Waals surface area contributed by atoms with Gasteiger partial charge in [0.2, 0.25) is 11.9 Å². The van der Waals surface area contributed by atoms with Crippen LogP contribution in [0.15, 0.2) is 51.9 Å². The molecule has 0 radical (unpaired) electrons. The molecule has 0 aliphatic rings. The molecule has 0 aliphatic heterocycles. The van der Waals surface area contributed by atoms with Gasteiger partial charge in [-0.25, -0.2) is 4.98 Å². The number of aryl methyl sites for hydroxylation is 1. The highest BCUT2D eigenvalue weighted by molar-refractivity contribution is 5.99. The molecule has 0 atom stereocenters. The Labute approximate surface area is 136 Å². The monoisotopic (exact) mass is 325 g/mol. The molecule has 0 saturated heterocycles. The van der Waals surface area contributed by atoms with Crippen LogP contribution >= 0.6 is 0 Å². The van der Waals surface area contributed by atoms with Crippen molar-refractivity contribution in [1.29, 1.82) is 0 Å². The third-order valence-electron chi connectivity index (χ3n) is 3.11. The zero-order valence-electron chi connectivity index (χ0n) is 13.1. The molecule has 8 nitrogen and oxygen atoms in total. The molecule has 3 heterocycles. The van der Waals surface area contributed by atoms with Crippen molar-refractivity contribution >= 4 is 11.7 Å². The van der Waals surface area contributed by atoms with E-state index in [1.54, 1.807) is 38.1 Å². The van der Waals surface area contributed by atoms with E-state index in [-0.39, 0.29) is 17.4 Å². The fraction of sp³-hybridized carbons (Fsp3) is 0.125. The molecule has 2 N–H and O–H groups in total. The van der Waals surface area contributed by atoms with Crippen LogP contribution < -0.4 is 10.9 Å². The van der Waals surface area contributed by atoms with Crippen LogP contribution in [0.2, 0.25) is 0 Å². The summed E-state index contributed by atoms with van der Waals surface area (Å²) in [5.41, 5.74) is 0.729. The predicted molar refractivity (Wildman–Crippen MR) is 87.9 cm³/mol. The standard InChI is InChI=1S/C16H15N5O3/c1-3-5-14(22)18-13-9-11(12-6-4-7-24-12)20-21(13)16-17-10(2)8-15(23)19-16/h3-9H,1-2H3,(H,18,22)(H,17,19,23)/b5-3-. The SMILES string of the molecule is C/C=C\C(=O)Nc1cc(-c2ccco2)nn1-c1nc(C)cc(=O)[nH]1. The lowest BCUT2D eigenvalue weighted by Gasteiger charge is -2.06. The van der Waals surface area contributed by atoms with Gasteiger partial charge in [-0.05, 0) is 32.1 Å². The number of furan rings is 1. The normalized spacial score (nSPS) is 11.1.